The third-order valence-corrected chi connectivity index (χ3v) is 6.19. The van der Waals surface area contributed by atoms with Gasteiger partial charge in [-0.2, -0.15) is 0 Å². The predicted molar refractivity (Wildman–Crippen MR) is 137 cm³/mol. The summed E-state index contributed by atoms with van der Waals surface area (Å²) < 4.78 is 11.2. The van der Waals surface area contributed by atoms with Crippen LogP contribution in [-0.4, -0.2) is 78.8 Å². The van der Waals surface area contributed by atoms with Crippen LogP contribution in [0.4, 0.5) is 5.69 Å². The van der Waals surface area contributed by atoms with Crippen LogP contribution in [0.25, 0.3) is 22.4 Å². The number of aliphatic imine (C=N–C) groups is 1. The number of ether oxygens (including phenoxy) is 1. The zero-order valence-electron chi connectivity index (χ0n) is 19.7. The summed E-state index contributed by atoms with van der Waals surface area (Å²) in [5.74, 6) is 0.681. The van der Waals surface area contributed by atoms with Gasteiger partial charge in [-0.3, -0.25) is 9.89 Å². The minimum atomic E-state index is -0.582. The van der Waals surface area contributed by atoms with Crippen LogP contribution in [0, 0.1) is 0 Å². The van der Waals surface area contributed by atoms with Gasteiger partial charge in [0.2, 0.25) is 0 Å². The van der Waals surface area contributed by atoms with Crippen LogP contribution >= 0.6 is 0 Å². The minimum absolute atomic E-state index is 0.223. The van der Waals surface area contributed by atoms with E-state index in [-0.39, 0.29) is 6.61 Å². The first-order valence-electron chi connectivity index (χ1n) is 11.8. The Morgan fingerprint density at radius 2 is 1.94 bits per heavy atom. The molecule has 0 unspecified atom stereocenters. The lowest BCUT2D eigenvalue weighted by Crippen LogP contribution is -2.49. The predicted octanol–water partition coefficient (Wildman–Crippen LogP) is 3.50. The fourth-order valence-corrected chi connectivity index (χ4v) is 4.46. The van der Waals surface area contributed by atoms with Crippen molar-refractivity contribution < 1.29 is 14.4 Å². The first-order valence-corrected chi connectivity index (χ1v) is 11.8. The van der Waals surface area contributed by atoms with E-state index in [2.05, 4.69) is 43.1 Å². The molecule has 180 valence electrons. The number of nitrogens with zero attached hydrogens (tertiary/aromatic N) is 5. The molecule has 2 aromatic heterocycles. The number of β-amino-alcohol motifs (C(OH)–C–C–N with tert-alkyl or cyclic N) is 1. The molecule has 0 spiro atoms. The maximum absolute atomic E-state index is 10.6. The Balaban J connectivity index is 1.14. The average Bonchev–Trinajstić information content (AvgIpc) is 3.33. The van der Waals surface area contributed by atoms with Gasteiger partial charge in [-0.15, -0.1) is 0 Å². The van der Waals surface area contributed by atoms with Gasteiger partial charge in [-0.05, 0) is 30.3 Å². The monoisotopic (exact) mass is 471 g/mol. The number of fused-ring (bicyclic) bond motifs is 1. The lowest BCUT2D eigenvalue weighted by Gasteiger charge is -2.37. The van der Waals surface area contributed by atoms with E-state index in [4.69, 9.17) is 9.26 Å². The quantitative estimate of drug-likeness (QED) is 0.394. The highest BCUT2D eigenvalue weighted by Crippen LogP contribution is 2.29. The Bertz CT molecular complexity index is 1300. The lowest BCUT2D eigenvalue weighted by atomic mass is 10.1. The van der Waals surface area contributed by atoms with Crippen molar-refractivity contribution in [2.24, 2.45) is 4.99 Å². The number of aliphatic hydroxyl groups excluding tert-OH is 1. The number of para-hydroxylation sites is 1. The van der Waals surface area contributed by atoms with E-state index in [9.17, 15) is 5.11 Å². The largest absolute Gasteiger partial charge is 0.491 e. The van der Waals surface area contributed by atoms with Gasteiger partial charge in [-0.1, -0.05) is 35.5 Å². The molecule has 1 saturated heterocycles. The topological polar surface area (TPSA) is 87.2 Å². The molecule has 4 aromatic rings. The number of aliphatic hydroxyl groups is 1. The zero-order valence-corrected chi connectivity index (χ0v) is 19.7. The summed E-state index contributed by atoms with van der Waals surface area (Å²) in [5, 5.41) is 15.6. The number of pyridine rings is 1. The molecule has 0 saturated carbocycles. The van der Waals surface area contributed by atoms with Crippen molar-refractivity contribution >= 4 is 23.0 Å². The molecule has 0 bridgehead atoms. The smallest absolute Gasteiger partial charge is 0.258 e. The molecule has 1 fully saturated rings. The maximum Gasteiger partial charge on any atom is 0.258 e. The van der Waals surface area contributed by atoms with Crippen LogP contribution in [0.3, 0.4) is 0 Å². The van der Waals surface area contributed by atoms with E-state index in [1.807, 2.05) is 48.7 Å². The summed E-state index contributed by atoms with van der Waals surface area (Å²) in [6, 6.07) is 19.8. The Morgan fingerprint density at radius 1 is 1.09 bits per heavy atom. The van der Waals surface area contributed by atoms with E-state index in [1.54, 1.807) is 13.2 Å². The van der Waals surface area contributed by atoms with E-state index in [0.717, 1.165) is 48.4 Å². The highest BCUT2D eigenvalue weighted by Gasteiger charge is 2.21. The van der Waals surface area contributed by atoms with Gasteiger partial charge in [0, 0.05) is 69.0 Å². The summed E-state index contributed by atoms with van der Waals surface area (Å²) in [4.78, 5) is 13.0. The van der Waals surface area contributed by atoms with Crippen LogP contribution < -0.4 is 9.64 Å². The lowest BCUT2D eigenvalue weighted by molar-refractivity contribution is 0.0663. The van der Waals surface area contributed by atoms with Crippen molar-refractivity contribution in [2.45, 2.75) is 6.10 Å². The number of aromatic nitrogens is 2. The molecule has 0 aliphatic carbocycles. The molecule has 35 heavy (non-hydrogen) atoms. The van der Waals surface area contributed by atoms with Crippen LogP contribution in [0.5, 0.6) is 5.75 Å². The first-order chi connectivity index (χ1) is 17.2. The molecule has 0 amide bonds. The summed E-state index contributed by atoms with van der Waals surface area (Å²) >= 11 is 0. The second-order valence-electron chi connectivity index (χ2n) is 8.61. The SMILES string of the molecule is CN=Cc1ccccc1N1CCN(C[C@@H](O)COc2cccc(-c3noc4ncccc34)c2)CC1. The Kier molecular flexibility index (Phi) is 7.02. The molecule has 8 nitrogen and oxygen atoms in total. The highest BCUT2D eigenvalue weighted by atomic mass is 16.5. The van der Waals surface area contributed by atoms with Crippen LogP contribution in [0.15, 0.2) is 76.4 Å². The zero-order chi connectivity index (χ0) is 24.0. The molecule has 2 aromatic carbocycles. The number of hydrogen-bond donors (Lipinski definition) is 1. The minimum Gasteiger partial charge on any atom is -0.491 e. The van der Waals surface area contributed by atoms with Gasteiger partial charge < -0.3 is 19.3 Å². The number of anilines is 1. The molecule has 1 aliphatic rings. The third-order valence-electron chi connectivity index (χ3n) is 6.19. The van der Waals surface area contributed by atoms with Crippen molar-refractivity contribution in [2.75, 3.05) is 51.3 Å². The van der Waals surface area contributed by atoms with Gasteiger partial charge in [0.1, 0.15) is 24.2 Å². The molecule has 1 aliphatic heterocycles. The molecule has 8 heteroatoms. The molecular weight excluding hydrogens is 442 g/mol. The summed E-state index contributed by atoms with van der Waals surface area (Å²) in [6.45, 7) is 4.38. The summed E-state index contributed by atoms with van der Waals surface area (Å²) in [7, 11) is 1.79. The summed E-state index contributed by atoms with van der Waals surface area (Å²) in [5.41, 5.74) is 4.45. The number of benzene rings is 2. The Hall–Kier alpha value is -3.75. The standard InChI is InChI=1S/C27H29N5O3/c1-28-17-21-6-2-3-10-25(21)32-14-12-31(13-15-32)18-22(33)19-34-23-8-4-7-20(16-23)26-24-9-5-11-29-27(24)35-30-26/h2-11,16-17,22,33H,12-15,18-19H2,1H3/t22-/m1/s1. The number of rotatable bonds is 8. The fourth-order valence-electron chi connectivity index (χ4n) is 4.46. The van der Waals surface area contributed by atoms with Crippen LogP contribution in [-0.2, 0) is 0 Å². The van der Waals surface area contributed by atoms with Crippen LogP contribution in [0.2, 0.25) is 0 Å². The fraction of sp³-hybridized carbons (Fsp3) is 0.296. The Labute approximate surface area is 204 Å². The van der Waals surface area contributed by atoms with Crippen LogP contribution in [0.1, 0.15) is 5.56 Å². The highest BCUT2D eigenvalue weighted by molar-refractivity contribution is 5.89. The Morgan fingerprint density at radius 3 is 2.80 bits per heavy atom. The molecule has 1 N–H and O–H groups in total. The van der Waals surface area contributed by atoms with Gasteiger partial charge in [-0.25, -0.2) is 4.98 Å². The third kappa shape index (κ3) is 5.34. The van der Waals surface area contributed by atoms with E-state index < -0.39 is 6.10 Å². The maximum atomic E-state index is 10.6. The van der Waals surface area contributed by atoms with Crippen molar-refractivity contribution in [3.05, 3.63) is 72.4 Å². The van der Waals surface area contributed by atoms with E-state index in [1.165, 1.54) is 5.69 Å². The molecule has 5 rings (SSSR count). The second-order valence-corrected chi connectivity index (χ2v) is 8.61. The molecule has 0 radical (unpaired) electrons. The number of hydrogen-bond acceptors (Lipinski definition) is 8. The van der Waals surface area contributed by atoms with Crippen molar-refractivity contribution in [1.82, 2.24) is 15.0 Å². The van der Waals surface area contributed by atoms with Gasteiger partial charge in [0.25, 0.3) is 5.71 Å². The molecular formula is C27H29N5O3. The van der Waals surface area contributed by atoms with Gasteiger partial charge >= 0.3 is 0 Å². The summed E-state index contributed by atoms with van der Waals surface area (Å²) in [6.07, 6.45) is 3.00. The average molecular weight is 472 g/mol. The number of piperazine rings is 1. The normalized spacial score (nSPS) is 15.7. The van der Waals surface area contributed by atoms with Crippen molar-refractivity contribution in [3.8, 4) is 17.0 Å². The molecule has 1 atom stereocenters. The van der Waals surface area contributed by atoms with E-state index >= 15 is 0 Å². The van der Waals surface area contributed by atoms with Crippen molar-refractivity contribution in [1.29, 1.82) is 0 Å². The van der Waals surface area contributed by atoms with Gasteiger partial charge in [0.15, 0.2) is 0 Å². The first kappa shape index (κ1) is 23.0. The second kappa shape index (κ2) is 10.7. The van der Waals surface area contributed by atoms with E-state index in [0.29, 0.717) is 18.0 Å². The van der Waals surface area contributed by atoms with Crippen molar-refractivity contribution in [3.63, 3.8) is 0 Å². The van der Waals surface area contributed by atoms with Gasteiger partial charge in [0.05, 0.1) is 5.39 Å². The molecule has 3 heterocycles.